The molecule has 0 aliphatic heterocycles. The van der Waals surface area contributed by atoms with E-state index < -0.39 is 0 Å². The molecule has 1 aliphatic carbocycles. The van der Waals surface area contributed by atoms with Crippen LogP contribution in [0.15, 0.2) is 23.8 Å². The minimum atomic E-state index is -0.281. The van der Waals surface area contributed by atoms with E-state index in [-0.39, 0.29) is 5.82 Å². The van der Waals surface area contributed by atoms with Crippen molar-refractivity contribution < 1.29 is 4.39 Å². The molecule has 1 aliphatic rings. The highest BCUT2D eigenvalue weighted by atomic mass is 35.5. The summed E-state index contributed by atoms with van der Waals surface area (Å²) < 4.78 is 13.2. The first-order chi connectivity index (χ1) is 10.1. The zero-order valence-corrected chi connectivity index (χ0v) is 13.7. The molecule has 21 heavy (non-hydrogen) atoms. The van der Waals surface area contributed by atoms with Crippen LogP contribution >= 0.6 is 11.6 Å². The molecule has 1 fully saturated rings. The van der Waals surface area contributed by atoms with Crippen molar-refractivity contribution in [2.24, 2.45) is 5.92 Å². The first kappa shape index (κ1) is 16.5. The Labute approximate surface area is 132 Å². The zero-order valence-electron chi connectivity index (χ0n) is 13.0. The van der Waals surface area contributed by atoms with E-state index in [4.69, 9.17) is 11.6 Å². The summed E-state index contributed by atoms with van der Waals surface area (Å²) in [5, 5.41) is 4.00. The number of halogens is 2. The van der Waals surface area contributed by atoms with E-state index in [2.05, 4.69) is 25.2 Å². The molecule has 0 radical (unpaired) electrons. The summed E-state index contributed by atoms with van der Waals surface area (Å²) in [6.07, 6.45) is 8.63. The lowest BCUT2D eigenvalue weighted by Crippen LogP contribution is -2.27. The largest absolute Gasteiger partial charge is 0.311 e. The molecule has 0 unspecified atom stereocenters. The van der Waals surface area contributed by atoms with Gasteiger partial charge in [-0.15, -0.1) is 0 Å². The molecule has 1 nitrogen and oxygen atoms in total. The Kier molecular flexibility index (Phi) is 6.25. The van der Waals surface area contributed by atoms with Crippen molar-refractivity contribution in [1.29, 1.82) is 0 Å². The molecule has 1 N–H and O–H groups in total. The standard InChI is InChI=1S/C18H25ClFN/c1-13(2)21-12-16(14-6-4-3-5-7-14)10-15-8-9-17(20)11-18(15)19/h8-11,13-14,21H,3-7,12H2,1-2H3/b16-10-. The van der Waals surface area contributed by atoms with E-state index in [1.165, 1.54) is 49.8 Å². The van der Waals surface area contributed by atoms with Crippen LogP contribution in [0.1, 0.15) is 51.5 Å². The topological polar surface area (TPSA) is 12.0 Å². The zero-order chi connectivity index (χ0) is 15.2. The number of hydrogen-bond acceptors (Lipinski definition) is 1. The molecule has 1 aromatic rings. The van der Waals surface area contributed by atoms with Crippen molar-refractivity contribution in [3.63, 3.8) is 0 Å². The first-order valence-corrected chi connectivity index (χ1v) is 8.33. The third kappa shape index (κ3) is 5.12. The minimum absolute atomic E-state index is 0.281. The number of nitrogens with one attached hydrogen (secondary N) is 1. The second-order valence-corrected chi connectivity index (χ2v) is 6.66. The van der Waals surface area contributed by atoms with Crippen LogP contribution in [-0.2, 0) is 0 Å². The normalized spacial score (nSPS) is 17.5. The molecular formula is C18H25ClFN. The predicted molar refractivity (Wildman–Crippen MR) is 89.1 cm³/mol. The van der Waals surface area contributed by atoms with Gasteiger partial charge in [-0.2, -0.15) is 0 Å². The number of benzene rings is 1. The lowest BCUT2D eigenvalue weighted by Gasteiger charge is -2.26. The van der Waals surface area contributed by atoms with Gasteiger partial charge in [0.25, 0.3) is 0 Å². The van der Waals surface area contributed by atoms with Crippen LogP contribution in [0.25, 0.3) is 6.08 Å². The van der Waals surface area contributed by atoms with Crippen molar-refractivity contribution >= 4 is 17.7 Å². The molecule has 0 amide bonds. The Morgan fingerprint density at radius 1 is 1.33 bits per heavy atom. The fourth-order valence-corrected chi connectivity index (χ4v) is 3.15. The SMILES string of the molecule is CC(C)NC/C(=C/c1ccc(F)cc1Cl)C1CCCCC1. The summed E-state index contributed by atoms with van der Waals surface area (Å²) in [7, 11) is 0. The van der Waals surface area contributed by atoms with Crippen molar-refractivity contribution in [2.75, 3.05) is 6.54 Å². The van der Waals surface area contributed by atoms with Gasteiger partial charge in [0, 0.05) is 12.6 Å². The van der Waals surface area contributed by atoms with E-state index in [1.54, 1.807) is 6.07 Å². The van der Waals surface area contributed by atoms with Gasteiger partial charge in [-0.3, -0.25) is 0 Å². The van der Waals surface area contributed by atoms with Gasteiger partial charge in [-0.05, 0) is 36.5 Å². The van der Waals surface area contributed by atoms with Crippen LogP contribution in [0.3, 0.4) is 0 Å². The molecule has 0 atom stereocenters. The van der Waals surface area contributed by atoms with Crippen molar-refractivity contribution in [1.82, 2.24) is 5.32 Å². The lowest BCUT2D eigenvalue weighted by molar-refractivity contribution is 0.394. The first-order valence-electron chi connectivity index (χ1n) is 7.95. The Bertz CT molecular complexity index is 490. The molecule has 3 heteroatoms. The summed E-state index contributed by atoms with van der Waals surface area (Å²) in [4.78, 5) is 0. The van der Waals surface area contributed by atoms with Crippen LogP contribution in [0.4, 0.5) is 4.39 Å². The van der Waals surface area contributed by atoms with E-state index in [1.807, 2.05) is 0 Å². The van der Waals surface area contributed by atoms with Crippen LogP contribution in [0.2, 0.25) is 5.02 Å². The summed E-state index contributed by atoms with van der Waals surface area (Å²) in [5.41, 5.74) is 2.32. The highest BCUT2D eigenvalue weighted by Crippen LogP contribution is 2.31. The van der Waals surface area contributed by atoms with Gasteiger partial charge in [0.15, 0.2) is 0 Å². The van der Waals surface area contributed by atoms with E-state index in [9.17, 15) is 4.39 Å². The number of hydrogen-bond donors (Lipinski definition) is 1. The molecule has 116 valence electrons. The van der Waals surface area contributed by atoms with Gasteiger partial charge < -0.3 is 5.32 Å². The average Bonchev–Trinajstić information content (AvgIpc) is 2.46. The monoisotopic (exact) mass is 309 g/mol. The molecule has 1 aromatic carbocycles. The molecular weight excluding hydrogens is 285 g/mol. The van der Waals surface area contributed by atoms with Crippen LogP contribution in [0, 0.1) is 11.7 Å². The molecule has 0 bridgehead atoms. The molecule has 0 heterocycles. The maximum Gasteiger partial charge on any atom is 0.124 e. The summed E-state index contributed by atoms with van der Waals surface area (Å²) >= 11 is 6.17. The third-order valence-corrected chi connectivity index (χ3v) is 4.47. The van der Waals surface area contributed by atoms with Crippen molar-refractivity contribution in [3.8, 4) is 0 Å². The highest BCUT2D eigenvalue weighted by molar-refractivity contribution is 6.32. The predicted octanol–water partition coefficient (Wildman–Crippen LogP) is 5.44. The second kappa shape index (κ2) is 7.95. The van der Waals surface area contributed by atoms with E-state index in [0.717, 1.165) is 12.1 Å². The molecule has 0 saturated heterocycles. The summed E-state index contributed by atoms with van der Waals surface area (Å²) in [6.45, 7) is 5.20. The van der Waals surface area contributed by atoms with Gasteiger partial charge in [0.2, 0.25) is 0 Å². The molecule has 0 spiro atoms. The van der Waals surface area contributed by atoms with Gasteiger partial charge >= 0.3 is 0 Å². The Morgan fingerprint density at radius 2 is 2.05 bits per heavy atom. The number of rotatable bonds is 5. The van der Waals surface area contributed by atoms with Crippen molar-refractivity contribution in [3.05, 3.63) is 40.2 Å². The summed E-state index contributed by atoms with van der Waals surface area (Å²) in [6, 6.07) is 5.10. The minimum Gasteiger partial charge on any atom is -0.311 e. The fourth-order valence-electron chi connectivity index (χ4n) is 2.93. The van der Waals surface area contributed by atoms with Crippen LogP contribution in [0.5, 0.6) is 0 Å². The van der Waals surface area contributed by atoms with Gasteiger partial charge in [-0.1, -0.05) is 62.4 Å². The smallest absolute Gasteiger partial charge is 0.124 e. The molecule has 0 aromatic heterocycles. The highest BCUT2D eigenvalue weighted by Gasteiger charge is 2.18. The Hall–Kier alpha value is -0.860. The third-order valence-electron chi connectivity index (χ3n) is 4.15. The molecule has 1 saturated carbocycles. The Balaban J connectivity index is 2.21. The second-order valence-electron chi connectivity index (χ2n) is 6.26. The van der Waals surface area contributed by atoms with Crippen LogP contribution < -0.4 is 5.32 Å². The lowest BCUT2D eigenvalue weighted by atomic mass is 9.83. The van der Waals surface area contributed by atoms with E-state index >= 15 is 0 Å². The van der Waals surface area contributed by atoms with Gasteiger partial charge in [0.1, 0.15) is 5.82 Å². The van der Waals surface area contributed by atoms with Crippen molar-refractivity contribution in [2.45, 2.75) is 52.0 Å². The maximum atomic E-state index is 13.2. The maximum absolute atomic E-state index is 13.2. The Morgan fingerprint density at radius 3 is 2.67 bits per heavy atom. The summed E-state index contributed by atoms with van der Waals surface area (Å²) in [5.74, 6) is 0.350. The van der Waals surface area contributed by atoms with Crippen LogP contribution in [-0.4, -0.2) is 12.6 Å². The fraction of sp³-hybridized carbons (Fsp3) is 0.556. The van der Waals surface area contributed by atoms with E-state index in [0.29, 0.717) is 17.0 Å². The van der Waals surface area contributed by atoms with Gasteiger partial charge in [-0.25, -0.2) is 4.39 Å². The average molecular weight is 310 g/mol. The van der Waals surface area contributed by atoms with Gasteiger partial charge in [0.05, 0.1) is 5.02 Å². The quantitative estimate of drug-likeness (QED) is 0.763. The molecule has 2 rings (SSSR count).